The largest absolute Gasteiger partial charge is 0.300 e. The summed E-state index contributed by atoms with van der Waals surface area (Å²) in [7, 11) is 1.93. The molecule has 0 saturated heterocycles. The summed E-state index contributed by atoms with van der Waals surface area (Å²) in [6.07, 6.45) is 1.82. The Morgan fingerprint density at radius 3 is 2.25 bits per heavy atom. The lowest BCUT2D eigenvalue weighted by molar-refractivity contribution is 0.262. The first-order chi connectivity index (χ1) is 11.4. The normalized spacial score (nSPS) is 13.4. The van der Waals surface area contributed by atoms with Crippen LogP contribution in [0, 0.1) is 0 Å². The Balaban J connectivity index is 2.24. The predicted molar refractivity (Wildman–Crippen MR) is 106 cm³/mol. The second-order valence-electron chi connectivity index (χ2n) is 6.49. The van der Waals surface area contributed by atoms with Crippen molar-refractivity contribution in [1.82, 2.24) is 5.01 Å². The fourth-order valence-electron chi connectivity index (χ4n) is 2.94. The topological polar surface area (TPSA) is 15.6 Å². The van der Waals surface area contributed by atoms with Crippen molar-refractivity contribution >= 4 is 29.9 Å². The first-order valence-corrected chi connectivity index (χ1v) is 8.84. The fraction of sp³-hybridized carbons (Fsp3) is 0.350. The molecule has 0 aliphatic heterocycles. The summed E-state index contributed by atoms with van der Waals surface area (Å²) in [4.78, 5) is 0. The Kier molecular flexibility index (Phi) is 6.31. The van der Waals surface area contributed by atoms with E-state index >= 15 is 0 Å². The van der Waals surface area contributed by atoms with Gasteiger partial charge < -0.3 is 0 Å². The number of hydrazone groups is 1. The van der Waals surface area contributed by atoms with Gasteiger partial charge in [0.2, 0.25) is 0 Å². The predicted octanol–water partition coefficient (Wildman–Crippen LogP) is 5.80. The zero-order valence-corrected chi connectivity index (χ0v) is 16.0. The van der Waals surface area contributed by atoms with Gasteiger partial charge in [0.15, 0.2) is 0 Å². The maximum atomic E-state index is 6.62. The zero-order valence-electron chi connectivity index (χ0n) is 14.5. The summed E-state index contributed by atoms with van der Waals surface area (Å²) in [5, 5.41) is 7.41. The lowest BCUT2D eigenvalue weighted by Gasteiger charge is -2.33. The van der Waals surface area contributed by atoms with E-state index in [9.17, 15) is 0 Å². The van der Waals surface area contributed by atoms with Gasteiger partial charge in [-0.05, 0) is 47.7 Å². The third-order valence-corrected chi connectivity index (χ3v) is 5.17. The molecule has 2 nitrogen and oxygen atoms in total. The van der Waals surface area contributed by atoms with E-state index in [0.29, 0.717) is 0 Å². The monoisotopic (exact) mass is 362 g/mol. The minimum atomic E-state index is -0.0637. The van der Waals surface area contributed by atoms with Crippen molar-refractivity contribution in [3.8, 4) is 0 Å². The highest BCUT2D eigenvalue weighted by Gasteiger charge is 2.28. The molecule has 1 unspecified atom stereocenters. The minimum absolute atomic E-state index is 0.0637. The molecule has 0 aliphatic rings. The third-order valence-electron chi connectivity index (χ3n) is 4.60. The molecule has 0 amide bonds. The van der Waals surface area contributed by atoms with Crippen molar-refractivity contribution < 1.29 is 0 Å². The van der Waals surface area contributed by atoms with Crippen LogP contribution in [0.1, 0.15) is 37.0 Å². The van der Waals surface area contributed by atoms with Crippen LogP contribution in [-0.2, 0) is 11.8 Å². The molecule has 0 spiro atoms. The van der Waals surface area contributed by atoms with E-state index in [0.717, 1.165) is 35.0 Å². The Hall–Kier alpha value is -1.51. The molecule has 2 aromatic carbocycles. The number of benzene rings is 2. The molecule has 0 aromatic heterocycles. The Morgan fingerprint density at radius 1 is 1.08 bits per heavy atom. The van der Waals surface area contributed by atoms with Gasteiger partial charge in [0.05, 0.1) is 0 Å². The molecule has 2 rings (SSSR count). The molecular weight excluding hydrogens is 339 g/mol. The molecule has 1 atom stereocenters. The number of hydrogen-bond acceptors (Lipinski definition) is 2. The van der Waals surface area contributed by atoms with Crippen molar-refractivity contribution in [3.05, 3.63) is 69.2 Å². The molecular formula is C20H24Cl2N2. The molecule has 128 valence electrons. The highest BCUT2D eigenvalue weighted by atomic mass is 35.5. The standard InChI is InChI=1S/C20H24Cl2N2/c1-5-20(2,14-24(4)23-3)18-11-8-16(13-19(18)22)12-15-6-9-17(21)10-7-15/h6-11,13H,3,5,12,14H2,1-2,4H3. The van der Waals surface area contributed by atoms with Gasteiger partial charge in [-0.25, -0.2) is 0 Å². The van der Waals surface area contributed by atoms with Gasteiger partial charge >= 0.3 is 0 Å². The van der Waals surface area contributed by atoms with E-state index in [2.05, 4.69) is 43.9 Å². The molecule has 0 aliphatic carbocycles. The molecule has 24 heavy (non-hydrogen) atoms. The van der Waals surface area contributed by atoms with Gasteiger partial charge in [0, 0.05) is 35.8 Å². The van der Waals surface area contributed by atoms with E-state index in [1.165, 1.54) is 11.1 Å². The number of hydrogen-bond donors (Lipinski definition) is 0. The van der Waals surface area contributed by atoms with Crippen molar-refractivity contribution in [2.24, 2.45) is 5.10 Å². The SMILES string of the molecule is C=NN(C)CC(C)(CC)c1ccc(Cc2ccc(Cl)cc2)cc1Cl. The smallest absolute Gasteiger partial charge is 0.0451 e. The van der Waals surface area contributed by atoms with Crippen molar-refractivity contribution in [1.29, 1.82) is 0 Å². The van der Waals surface area contributed by atoms with E-state index in [1.54, 1.807) is 0 Å². The zero-order chi connectivity index (χ0) is 17.7. The maximum Gasteiger partial charge on any atom is 0.0451 e. The summed E-state index contributed by atoms with van der Waals surface area (Å²) < 4.78 is 0. The second-order valence-corrected chi connectivity index (χ2v) is 7.33. The van der Waals surface area contributed by atoms with E-state index in [1.807, 2.05) is 36.3 Å². The van der Waals surface area contributed by atoms with Gasteiger partial charge in [0.1, 0.15) is 0 Å². The number of rotatable bonds is 7. The quantitative estimate of drug-likeness (QED) is 0.448. The summed E-state index contributed by atoms with van der Waals surface area (Å²) >= 11 is 12.6. The Morgan fingerprint density at radius 2 is 1.71 bits per heavy atom. The van der Waals surface area contributed by atoms with Crippen LogP contribution in [0.25, 0.3) is 0 Å². The third kappa shape index (κ3) is 4.52. The number of nitrogens with zero attached hydrogens (tertiary/aromatic N) is 2. The average Bonchev–Trinajstić information content (AvgIpc) is 2.56. The van der Waals surface area contributed by atoms with E-state index in [4.69, 9.17) is 23.2 Å². The lowest BCUT2D eigenvalue weighted by atomic mass is 9.79. The molecule has 4 heteroatoms. The van der Waals surface area contributed by atoms with E-state index in [-0.39, 0.29) is 5.41 Å². The summed E-state index contributed by atoms with van der Waals surface area (Å²) in [6.45, 7) is 8.77. The molecule has 0 saturated carbocycles. The van der Waals surface area contributed by atoms with Crippen LogP contribution in [0.4, 0.5) is 0 Å². The second kappa shape index (κ2) is 8.04. The fourth-order valence-corrected chi connectivity index (χ4v) is 3.50. The number of likely N-dealkylation sites (N-methyl/N-ethyl adjacent to an activating group) is 1. The summed E-state index contributed by atoms with van der Waals surface area (Å²) in [5.41, 5.74) is 3.50. The van der Waals surface area contributed by atoms with Gasteiger partial charge in [-0.15, -0.1) is 0 Å². The Labute approximate surface area is 155 Å². The molecule has 0 bridgehead atoms. The van der Waals surface area contributed by atoms with Crippen LogP contribution < -0.4 is 0 Å². The molecule has 2 aromatic rings. The van der Waals surface area contributed by atoms with Crippen molar-refractivity contribution in [2.75, 3.05) is 13.6 Å². The van der Waals surface area contributed by atoms with Crippen molar-refractivity contribution in [3.63, 3.8) is 0 Å². The van der Waals surface area contributed by atoms with Gasteiger partial charge in [-0.3, -0.25) is 5.01 Å². The van der Waals surface area contributed by atoms with Crippen molar-refractivity contribution in [2.45, 2.75) is 32.1 Å². The van der Waals surface area contributed by atoms with Crippen LogP contribution in [0.15, 0.2) is 47.6 Å². The molecule has 0 N–H and O–H groups in total. The van der Waals surface area contributed by atoms with Gasteiger partial charge in [-0.2, -0.15) is 5.10 Å². The first kappa shape index (κ1) is 18.8. The number of halogens is 2. The van der Waals surface area contributed by atoms with Gasteiger partial charge in [-0.1, -0.05) is 61.3 Å². The first-order valence-electron chi connectivity index (χ1n) is 8.09. The molecule has 0 radical (unpaired) electrons. The highest BCUT2D eigenvalue weighted by Crippen LogP contribution is 2.34. The van der Waals surface area contributed by atoms with E-state index < -0.39 is 0 Å². The molecule has 0 heterocycles. The summed E-state index contributed by atoms with van der Waals surface area (Å²) in [6, 6.07) is 14.3. The van der Waals surface area contributed by atoms with Gasteiger partial charge in [0.25, 0.3) is 0 Å². The van der Waals surface area contributed by atoms with Crippen LogP contribution >= 0.6 is 23.2 Å². The van der Waals surface area contributed by atoms with Crippen LogP contribution in [-0.4, -0.2) is 25.3 Å². The average molecular weight is 363 g/mol. The highest BCUT2D eigenvalue weighted by molar-refractivity contribution is 6.31. The maximum absolute atomic E-state index is 6.62. The summed E-state index contributed by atoms with van der Waals surface area (Å²) in [5.74, 6) is 0. The van der Waals surface area contributed by atoms with Crippen LogP contribution in [0.5, 0.6) is 0 Å². The minimum Gasteiger partial charge on any atom is -0.300 e. The molecule has 0 fully saturated rings. The Bertz CT molecular complexity index is 697. The van der Waals surface area contributed by atoms with Crippen LogP contribution in [0.2, 0.25) is 10.0 Å². The lowest BCUT2D eigenvalue weighted by Crippen LogP contribution is -2.34. The van der Waals surface area contributed by atoms with Crippen LogP contribution in [0.3, 0.4) is 0 Å².